The zero-order chi connectivity index (χ0) is 13.1. The average Bonchev–Trinajstić information content (AvgIpc) is 2.35. The molecule has 0 fully saturated rings. The van der Waals surface area contributed by atoms with Gasteiger partial charge in [0.25, 0.3) is 0 Å². The summed E-state index contributed by atoms with van der Waals surface area (Å²) < 4.78 is 13.5. The standard InChI is InChI=1S/C14H13FN2O/c1-9-7-12(10(2)17-16-9)14(18)8-11-5-3-4-6-13(11)15/h3-7H,8H2,1-2H3. The maximum absolute atomic E-state index is 13.5. The molecule has 0 bridgehead atoms. The third kappa shape index (κ3) is 2.59. The van der Waals surface area contributed by atoms with Crippen molar-refractivity contribution in [1.82, 2.24) is 10.2 Å². The predicted octanol–water partition coefficient (Wildman–Crippen LogP) is 2.66. The molecular formula is C14H13FN2O. The molecule has 1 heterocycles. The normalized spacial score (nSPS) is 10.4. The molecule has 1 aromatic carbocycles. The number of carbonyl (C=O) groups is 1. The highest BCUT2D eigenvalue weighted by Crippen LogP contribution is 2.13. The zero-order valence-electron chi connectivity index (χ0n) is 10.3. The number of rotatable bonds is 3. The van der Waals surface area contributed by atoms with E-state index < -0.39 is 0 Å². The van der Waals surface area contributed by atoms with Crippen LogP contribution in [-0.4, -0.2) is 16.0 Å². The van der Waals surface area contributed by atoms with Crippen LogP contribution in [0.5, 0.6) is 0 Å². The lowest BCUT2D eigenvalue weighted by Crippen LogP contribution is -2.09. The fourth-order valence-corrected chi connectivity index (χ4v) is 1.74. The van der Waals surface area contributed by atoms with Crippen molar-refractivity contribution in [2.24, 2.45) is 0 Å². The number of aromatic nitrogens is 2. The fourth-order valence-electron chi connectivity index (χ4n) is 1.74. The third-order valence-corrected chi connectivity index (χ3v) is 2.71. The second kappa shape index (κ2) is 5.04. The van der Waals surface area contributed by atoms with Crippen molar-refractivity contribution in [3.63, 3.8) is 0 Å². The summed E-state index contributed by atoms with van der Waals surface area (Å²) in [6, 6.07) is 7.97. The van der Waals surface area contributed by atoms with Gasteiger partial charge in [0.1, 0.15) is 5.82 Å². The molecule has 0 aliphatic heterocycles. The van der Waals surface area contributed by atoms with Gasteiger partial charge in [-0.25, -0.2) is 4.39 Å². The monoisotopic (exact) mass is 244 g/mol. The summed E-state index contributed by atoms with van der Waals surface area (Å²) >= 11 is 0. The number of Topliss-reactive ketones (excluding diaryl/α,β-unsaturated/α-hetero) is 1. The van der Waals surface area contributed by atoms with E-state index >= 15 is 0 Å². The summed E-state index contributed by atoms with van der Waals surface area (Å²) in [5, 5.41) is 7.77. The Kier molecular flexibility index (Phi) is 3.46. The van der Waals surface area contributed by atoms with Gasteiger partial charge in [-0.1, -0.05) is 18.2 Å². The lowest BCUT2D eigenvalue weighted by atomic mass is 10.0. The van der Waals surface area contributed by atoms with Gasteiger partial charge in [-0.15, -0.1) is 0 Å². The van der Waals surface area contributed by atoms with Gasteiger partial charge in [-0.2, -0.15) is 10.2 Å². The minimum atomic E-state index is -0.359. The largest absolute Gasteiger partial charge is 0.294 e. The number of aryl methyl sites for hydroxylation is 2. The first-order valence-corrected chi connectivity index (χ1v) is 5.65. The summed E-state index contributed by atoms with van der Waals surface area (Å²) in [5.41, 5.74) is 2.15. The van der Waals surface area contributed by atoms with Crippen LogP contribution in [0.4, 0.5) is 4.39 Å². The Morgan fingerprint density at radius 2 is 1.94 bits per heavy atom. The lowest BCUT2D eigenvalue weighted by molar-refractivity contribution is 0.0990. The fraction of sp³-hybridized carbons (Fsp3) is 0.214. The molecule has 0 N–H and O–H groups in total. The van der Waals surface area contributed by atoms with Crippen LogP contribution in [0.2, 0.25) is 0 Å². The van der Waals surface area contributed by atoms with Crippen molar-refractivity contribution < 1.29 is 9.18 Å². The molecule has 2 aromatic rings. The van der Waals surface area contributed by atoms with Crippen molar-refractivity contribution in [3.8, 4) is 0 Å². The Labute approximate surface area is 105 Å². The van der Waals surface area contributed by atoms with Crippen LogP contribution in [-0.2, 0) is 6.42 Å². The number of halogens is 1. The second-order valence-corrected chi connectivity index (χ2v) is 4.18. The first kappa shape index (κ1) is 12.4. The van der Waals surface area contributed by atoms with E-state index in [9.17, 15) is 9.18 Å². The molecule has 0 atom stereocenters. The van der Waals surface area contributed by atoms with Gasteiger partial charge in [0, 0.05) is 12.0 Å². The summed E-state index contributed by atoms with van der Waals surface area (Å²) in [6.07, 6.45) is 0.0403. The van der Waals surface area contributed by atoms with E-state index in [1.54, 1.807) is 38.1 Å². The number of hydrogen-bond acceptors (Lipinski definition) is 3. The molecule has 0 aliphatic carbocycles. The van der Waals surface area contributed by atoms with Crippen LogP contribution in [0.3, 0.4) is 0 Å². The van der Waals surface area contributed by atoms with Crippen LogP contribution in [0, 0.1) is 19.7 Å². The maximum Gasteiger partial charge on any atom is 0.169 e. The van der Waals surface area contributed by atoms with Gasteiger partial charge >= 0.3 is 0 Å². The molecule has 0 aliphatic rings. The lowest BCUT2D eigenvalue weighted by Gasteiger charge is -2.05. The molecule has 2 rings (SSSR count). The van der Waals surface area contributed by atoms with Crippen LogP contribution in [0.15, 0.2) is 30.3 Å². The summed E-state index contributed by atoms with van der Waals surface area (Å²) in [5.74, 6) is -0.502. The SMILES string of the molecule is Cc1cc(C(=O)Cc2ccccc2F)c(C)nn1. The van der Waals surface area contributed by atoms with Crippen LogP contribution >= 0.6 is 0 Å². The summed E-state index contributed by atoms with van der Waals surface area (Å²) in [7, 11) is 0. The van der Waals surface area contributed by atoms with Crippen molar-refractivity contribution >= 4 is 5.78 Å². The molecule has 18 heavy (non-hydrogen) atoms. The molecule has 0 saturated heterocycles. The minimum absolute atomic E-state index is 0.0403. The Bertz CT molecular complexity index is 596. The summed E-state index contributed by atoms with van der Waals surface area (Å²) in [4.78, 5) is 12.1. The number of carbonyl (C=O) groups excluding carboxylic acids is 1. The smallest absolute Gasteiger partial charge is 0.169 e. The van der Waals surface area contributed by atoms with Gasteiger partial charge in [-0.3, -0.25) is 4.79 Å². The topological polar surface area (TPSA) is 42.9 Å². The number of nitrogens with zero attached hydrogens (tertiary/aromatic N) is 2. The van der Waals surface area contributed by atoms with Crippen LogP contribution in [0.25, 0.3) is 0 Å². The van der Waals surface area contributed by atoms with Gasteiger partial charge in [-0.05, 0) is 31.5 Å². The number of benzene rings is 1. The van der Waals surface area contributed by atoms with Crippen molar-refractivity contribution in [1.29, 1.82) is 0 Å². The van der Waals surface area contributed by atoms with Gasteiger partial charge in [0.05, 0.1) is 11.4 Å². The van der Waals surface area contributed by atoms with Crippen LogP contribution < -0.4 is 0 Å². The molecule has 0 unspecified atom stereocenters. The molecule has 92 valence electrons. The Morgan fingerprint density at radius 3 is 2.67 bits per heavy atom. The van der Waals surface area contributed by atoms with E-state index in [2.05, 4.69) is 10.2 Å². The Balaban J connectivity index is 2.28. The maximum atomic E-state index is 13.5. The van der Waals surface area contributed by atoms with E-state index in [0.29, 0.717) is 22.5 Å². The molecule has 0 spiro atoms. The first-order chi connectivity index (χ1) is 8.58. The van der Waals surface area contributed by atoms with E-state index in [-0.39, 0.29) is 18.0 Å². The zero-order valence-corrected chi connectivity index (χ0v) is 10.3. The average molecular weight is 244 g/mol. The molecule has 0 radical (unpaired) electrons. The minimum Gasteiger partial charge on any atom is -0.294 e. The quantitative estimate of drug-likeness (QED) is 0.779. The van der Waals surface area contributed by atoms with E-state index in [4.69, 9.17) is 0 Å². The van der Waals surface area contributed by atoms with E-state index in [1.165, 1.54) is 6.07 Å². The van der Waals surface area contributed by atoms with Gasteiger partial charge in [0.2, 0.25) is 0 Å². The highest BCUT2D eigenvalue weighted by Gasteiger charge is 2.13. The Morgan fingerprint density at radius 1 is 1.22 bits per heavy atom. The van der Waals surface area contributed by atoms with E-state index in [0.717, 1.165) is 0 Å². The molecule has 0 amide bonds. The third-order valence-electron chi connectivity index (χ3n) is 2.71. The number of ketones is 1. The molecular weight excluding hydrogens is 231 g/mol. The van der Waals surface area contributed by atoms with Gasteiger partial charge < -0.3 is 0 Å². The molecule has 0 saturated carbocycles. The van der Waals surface area contributed by atoms with Gasteiger partial charge in [0.15, 0.2) is 5.78 Å². The highest BCUT2D eigenvalue weighted by atomic mass is 19.1. The number of hydrogen-bond donors (Lipinski definition) is 0. The van der Waals surface area contributed by atoms with Crippen molar-refractivity contribution in [2.75, 3.05) is 0 Å². The molecule has 1 aromatic heterocycles. The molecule has 4 heteroatoms. The van der Waals surface area contributed by atoms with E-state index in [1.807, 2.05) is 0 Å². The van der Waals surface area contributed by atoms with Crippen molar-refractivity contribution in [3.05, 3.63) is 58.7 Å². The predicted molar refractivity (Wildman–Crippen MR) is 65.9 cm³/mol. The van der Waals surface area contributed by atoms with Crippen molar-refractivity contribution in [2.45, 2.75) is 20.3 Å². The summed E-state index contributed by atoms with van der Waals surface area (Å²) in [6.45, 7) is 3.49. The highest BCUT2D eigenvalue weighted by molar-refractivity contribution is 5.98. The second-order valence-electron chi connectivity index (χ2n) is 4.18. The van der Waals surface area contributed by atoms with Crippen LogP contribution in [0.1, 0.15) is 27.3 Å². The first-order valence-electron chi connectivity index (χ1n) is 5.65. The molecule has 3 nitrogen and oxygen atoms in total. The Hall–Kier alpha value is -2.10.